The number of carboxylic acid groups (broad SMARTS) is 1. The van der Waals surface area contributed by atoms with Gasteiger partial charge in [-0.1, -0.05) is 0 Å². The monoisotopic (exact) mass is 250 g/mol. The molecular weight excluding hydrogens is 235 g/mol. The summed E-state index contributed by atoms with van der Waals surface area (Å²) in [5.74, 6) is -1.71. The Bertz CT molecular complexity index is 339. The van der Waals surface area contributed by atoms with Crippen molar-refractivity contribution in [1.82, 2.24) is 5.32 Å². The lowest BCUT2D eigenvalue weighted by Gasteiger charge is -2.30. The molecule has 0 aromatic heterocycles. The number of hydrogen-bond donors (Lipinski definition) is 5. The first-order chi connectivity index (χ1) is 7.31. The molecule has 0 aromatic rings. The van der Waals surface area contributed by atoms with Gasteiger partial charge in [-0.2, -0.15) is 0 Å². The van der Waals surface area contributed by atoms with Crippen molar-refractivity contribution in [2.75, 3.05) is 12.7 Å². The van der Waals surface area contributed by atoms with Gasteiger partial charge in [-0.25, -0.2) is 0 Å². The molecule has 16 heavy (non-hydrogen) atoms. The molecule has 1 fully saturated rings. The predicted molar refractivity (Wildman–Crippen MR) is 56.8 cm³/mol. The van der Waals surface area contributed by atoms with Gasteiger partial charge in [0.1, 0.15) is 6.04 Å². The smallest absolute Gasteiger partial charge is 0.331 e. The van der Waals surface area contributed by atoms with Crippen LogP contribution in [0.4, 0.5) is 0 Å². The Balaban J connectivity index is 2.72. The minimum atomic E-state index is -4.29. The van der Waals surface area contributed by atoms with Gasteiger partial charge in [0.15, 0.2) is 0 Å². The van der Waals surface area contributed by atoms with E-state index in [4.69, 9.17) is 20.3 Å². The van der Waals surface area contributed by atoms with Crippen molar-refractivity contribution in [3.05, 3.63) is 0 Å². The first-order valence-electron chi connectivity index (χ1n) is 4.89. The lowest BCUT2D eigenvalue weighted by Crippen LogP contribution is -2.50. The largest absolute Gasteiger partial charge is 0.480 e. The fraction of sp³-hybridized carbons (Fsp3) is 0.750. The molecule has 5 N–H and O–H groups in total. The molecule has 2 atom stereocenters. The maximum Gasteiger partial charge on any atom is 0.331 e. The van der Waals surface area contributed by atoms with Crippen LogP contribution < -0.4 is 5.32 Å². The minimum absolute atomic E-state index is 0.187. The van der Waals surface area contributed by atoms with Crippen molar-refractivity contribution in [2.24, 2.45) is 5.92 Å². The Hall–Kier alpha value is -0.750. The van der Waals surface area contributed by atoms with Gasteiger partial charge in [0.05, 0.1) is 6.16 Å². The van der Waals surface area contributed by atoms with E-state index in [9.17, 15) is 9.36 Å². The van der Waals surface area contributed by atoms with E-state index in [0.717, 1.165) is 0 Å². The molecule has 0 radical (unpaired) electrons. The molecule has 1 aliphatic rings. The third kappa shape index (κ3) is 3.68. The van der Waals surface area contributed by atoms with E-state index < -0.39 is 31.7 Å². The Morgan fingerprint density at radius 3 is 2.62 bits per heavy atom. The zero-order valence-corrected chi connectivity index (χ0v) is 9.48. The summed E-state index contributed by atoms with van der Waals surface area (Å²) in [6.07, 6.45) is 0.518. The molecule has 7 nitrogen and oxygen atoms in total. The molecular formula is C8H15N2O5P. The van der Waals surface area contributed by atoms with Crippen LogP contribution in [0.15, 0.2) is 0 Å². The van der Waals surface area contributed by atoms with E-state index in [1.54, 1.807) is 0 Å². The highest BCUT2D eigenvalue weighted by Gasteiger charge is 2.35. The van der Waals surface area contributed by atoms with Crippen molar-refractivity contribution < 1.29 is 24.3 Å². The highest BCUT2D eigenvalue weighted by molar-refractivity contribution is 7.52. The molecule has 0 amide bonds. The maximum absolute atomic E-state index is 10.9. The minimum Gasteiger partial charge on any atom is -0.480 e. The second-order valence-corrected chi connectivity index (χ2v) is 5.51. The third-order valence-electron chi connectivity index (χ3n) is 2.55. The molecule has 92 valence electrons. The van der Waals surface area contributed by atoms with Gasteiger partial charge in [0.2, 0.25) is 0 Å². The summed E-state index contributed by atoms with van der Waals surface area (Å²) in [6, 6.07) is -0.909. The van der Waals surface area contributed by atoms with Gasteiger partial charge in [-0.05, 0) is 19.4 Å². The van der Waals surface area contributed by atoms with Gasteiger partial charge >= 0.3 is 13.6 Å². The number of aliphatic carboxylic acids is 1. The lowest BCUT2D eigenvalue weighted by molar-refractivity contribution is -0.140. The predicted octanol–water partition coefficient (Wildman–Crippen LogP) is -0.363. The van der Waals surface area contributed by atoms with Crippen molar-refractivity contribution in [2.45, 2.75) is 18.9 Å². The van der Waals surface area contributed by atoms with Crippen LogP contribution in [0, 0.1) is 11.3 Å². The first-order valence-corrected chi connectivity index (χ1v) is 6.69. The van der Waals surface area contributed by atoms with E-state index in [1.807, 2.05) is 0 Å². The van der Waals surface area contributed by atoms with Crippen LogP contribution in [0.25, 0.3) is 0 Å². The van der Waals surface area contributed by atoms with Crippen molar-refractivity contribution in [3.63, 3.8) is 0 Å². The Morgan fingerprint density at radius 2 is 2.12 bits per heavy atom. The average molecular weight is 250 g/mol. The maximum atomic E-state index is 10.9. The SMILES string of the molecule is N=C(CP(=O)(O)O)[C@H]1CCCNC1C(=O)O. The highest BCUT2D eigenvalue weighted by Crippen LogP contribution is 2.36. The summed E-state index contributed by atoms with van der Waals surface area (Å²) in [4.78, 5) is 28.4. The molecule has 0 spiro atoms. The molecule has 1 aliphatic heterocycles. The molecule has 1 rings (SSSR count). The fourth-order valence-electron chi connectivity index (χ4n) is 1.86. The van der Waals surface area contributed by atoms with Gasteiger partial charge in [0.25, 0.3) is 0 Å². The second-order valence-electron chi connectivity index (χ2n) is 3.87. The van der Waals surface area contributed by atoms with E-state index in [0.29, 0.717) is 19.4 Å². The normalized spacial score (nSPS) is 26.4. The van der Waals surface area contributed by atoms with Gasteiger partial charge < -0.3 is 25.6 Å². The highest BCUT2D eigenvalue weighted by atomic mass is 31.2. The zero-order valence-electron chi connectivity index (χ0n) is 8.59. The van der Waals surface area contributed by atoms with E-state index >= 15 is 0 Å². The van der Waals surface area contributed by atoms with Crippen LogP contribution in [0.2, 0.25) is 0 Å². The Kier molecular flexibility index (Phi) is 4.21. The summed E-state index contributed by atoms with van der Waals surface area (Å²) in [6.45, 7) is 0.552. The molecule has 1 saturated heterocycles. The van der Waals surface area contributed by atoms with E-state index in [2.05, 4.69) is 5.32 Å². The number of rotatable bonds is 4. The summed E-state index contributed by atoms with van der Waals surface area (Å²) in [5, 5.41) is 19.2. The van der Waals surface area contributed by atoms with Gasteiger partial charge in [-0.15, -0.1) is 0 Å². The van der Waals surface area contributed by atoms with Crippen LogP contribution in [0.5, 0.6) is 0 Å². The standard InChI is InChI=1S/C8H15N2O5P/c9-6(4-16(13,14)15)5-2-1-3-10-7(5)8(11)12/h5,7,9-10H,1-4H2,(H,11,12)(H2,13,14,15)/t5-,7?/m1/s1. The Morgan fingerprint density at radius 1 is 1.50 bits per heavy atom. The molecule has 0 bridgehead atoms. The molecule has 8 heteroatoms. The average Bonchev–Trinajstić information content (AvgIpc) is 2.15. The summed E-state index contributed by atoms with van der Waals surface area (Å²) in [5.41, 5.74) is -0.187. The first kappa shape index (κ1) is 13.3. The molecule has 0 aliphatic carbocycles. The second kappa shape index (κ2) is 5.05. The van der Waals surface area contributed by atoms with Crippen molar-refractivity contribution >= 4 is 19.3 Å². The molecule has 0 saturated carbocycles. The third-order valence-corrected chi connectivity index (χ3v) is 3.30. The molecule has 0 aromatic carbocycles. The van der Waals surface area contributed by atoms with Crippen LogP contribution in [-0.2, 0) is 9.36 Å². The molecule has 1 heterocycles. The van der Waals surface area contributed by atoms with E-state index in [1.165, 1.54) is 0 Å². The number of carboxylic acids is 1. The quantitative estimate of drug-likeness (QED) is 0.342. The number of hydrogen-bond acceptors (Lipinski definition) is 4. The van der Waals surface area contributed by atoms with Gasteiger partial charge in [-0.3, -0.25) is 9.36 Å². The van der Waals surface area contributed by atoms with Crippen molar-refractivity contribution in [1.29, 1.82) is 5.41 Å². The summed E-state index contributed by atoms with van der Waals surface area (Å²) >= 11 is 0. The van der Waals surface area contributed by atoms with Crippen molar-refractivity contribution in [3.8, 4) is 0 Å². The topological polar surface area (TPSA) is 131 Å². The van der Waals surface area contributed by atoms with Gasteiger partial charge in [0, 0.05) is 11.6 Å². The fourth-order valence-corrected chi connectivity index (χ4v) is 2.54. The summed E-state index contributed by atoms with van der Waals surface area (Å²) in [7, 11) is -4.29. The Labute approximate surface area is 92.5 Å². The van der Waals surface area contributed by atoms with E-state index in [-0.39, 0.29) is 5.71 Å². The lowest BCUT2D eigenvalue weighted by atomic mass is 9.87. The van der Waals surface area contributed by atoms with Crippen LogP contribution in [0.1, 0.15) is 12.8 Å². The molecule has 1 unspecified atom stereocenters. The summed E-state index contributed by atoms with van der Waals surface area (Å²) < 4.78 is 10.7. The zero-order chi connectivity index (χ0) is 12.3. The van der Waals surface area contributed by atoms with Crippen LogP contribution in [-0.4, -0.2) is 45.3 Å². The van der Waals surface area contributed by atoms with Crippen LogP contribution >= 0.6 is 7.60 Å². The number of nitrogens with one attached hydrogen (secondary N) is 2. The number of piperidine rings is 1. The van der Waals surface area contributed by atoms with Crippen LogP contribution in [0.3, 0.4) is 0 Å². The number of carbonyl (C=O) groups is 1.